The van der Waals surface area contributed by atoms with Gasteiger partial charge >= 0.3 is 0 Å². The summed E-state index contributed by atoms with van der Waals surface area (Å²) in [5, 5.41) is 13.5. The van der Waals surface area contributed by atoms with E-state index in [1.165, 1.54) is 31.5 Å². The van der Waals surface area contributed by atoms with E-state index in [9.17, 15) is 18.3 Å². The molecule has 0 aromatic heterocycles. The van der Waals surface area contributed by atoms with Crippen LogP contribution in [0.5, 0.6) is 11.5 Å². The van der Waals surface area contributed by atoms with Crippen LogP contribution in [0.15, 0.2) is 88.9 Å². The van der Waals surface area contributed by atoms with Gasteiger partial charge in [-0.15, -0.1) is 0 Å². The van der Waals surface area contributed by atoms with Crippen molar-refractivity contribution in [3.05, 3.63) is 90.0 Å². The highest BCUT2D eigenvalue weighted by Gasteiger charge is 2.26. The highest BCUT2D eigenvalue weighted by atomic mass is 32.2. The number of methoxy groups -OCH3 is 1. The topological polar surface area (TPSA) is 108 Å². The predicted octanol–water partition coefficient (Wildman–Crippen LogP) is 2.74. The number of hydrogen-bond acceptors (Lipinski definition) is 6. The number of hydrogen-bond donors (Lipinski definition) is 2. The fourth-order valence-electron chi connectivity index (χ4n) is 2.90. The lowest BCUT2D eigenvalue weighted by atomic mass is 10.2. The van der Waals surface area contributed by atoms with Crippen LogP contribution < -0.4 is 10.2 Å². The van der Waals surface area contributed by atoms with Crippen molar-refractivity contribution in [3.63, 3.8) is 0 Å². The van der Waals surface area contributed by atoms with Gasteiger partial charge in [0, 0.05) is 6.54 Å². The van der Waals surface area contributed by atoms with E-state index >= 15 is 0 Å². The molecule has 0 saturated heterocycles. The molecule has 2 N–H and O–H groups in total. The number of nitrogens with one attached hydrogen (secondary N) is 1. The third-order valence-electron chi connectivity index (χ3n) is 4.51. The summed E-state index contributed by atoms with van der Waals surface area (Å²) < 4.78 is 32.4. The number of nitrogens with zero attached hydrogens (tertiary/aromatic N) is 2. The molecule has 0 fully saturated rings. The third-order valence-corrected chi connectivity index (χ3v) is 6.32. The van der Waals surface area contributed by atoms with E-state index in [4.69, 9.17) is 4.74 Å². The number of aromatic hydroxyl groups is 1. The second kappa shape index (κ2) is 10.6. The van der Waals surface area contributed by atoms with Gasteiger partial charge in [0.25, 0.3) is 5.91 Å². The molecule has 0 aliphatic heterocycles. The number of amides is 1. The fourth-order valence-corrected chi connectivity index (χ4v) is 4.31. The number of ether oxygens (including phenoxy) is 1. The van der Waals surface area contributed by atoms with Crippen LogP contribution >= 0.6 is 0 Å². The zero-order valence-corrected chi connectivity index (χ0v) is 18.2. The lowest BCUT2D eigenvalue weighted by molar-refractivity contribution is -0.121. The van der Waals surface area contributed by atoms with Crippen LogP contribution in [0.3, 0.4) is 0 Å². The summed E-state index contributed by atoms with van der Waals surface area (Å²) in [6.45, 7) is -0.382. The molecule has 0 atom stereocenters. The number of phenols is 1. The predicted molar refractivity (Wildman–Crippen MR) is 121 cm³/mol. The Morgan fingerprint density at radius 3 is 2.38 bits per heavy atom. The lowest BCUT2D eigenvalue weighted by Gasteiger charge is -2.21. The third kappa shape index (κ3) is 5.93. The van der Waals surface area contributed by atoms with Crippen molar-refractivity contribution in [2.24, 2.45) is 5.10 Å². The van der Waals surface area contributed by atoms with E-state index in [0.717, 1.165) is 9.87 Å². The molecule has 0 spiro atoms. The molecule has 3 aromatic rings. The Morgan fingerprint density at radius 1 is 1.06 bits per heavy atom. The smallest absolute Gasteiger partial charge is 0.255 e. The van der Waals surface area contributed by atoms with Crippen LogP contribution in [0.4, 0.5) is 0 Å². The Labute approximate surface area is 186 Å². The van der Waals surface area contributed by atoms with Gasteiger partial charge in [0.2, 0.25) is 10.0 Å². The number of carbonyl (C=O) groups excluding carboxylic acids is 1. The maximum atomic E-state index is 13.1. The van der Waals surface area contributed by atoms with E-state index in [-0.39, 0.29) is 22.9 Å². The summed E-state index contributed by atoms with van der Waals surface area (Å²) in [5.41, 5.74) is 3.68. The molecule has 32 heavy (non-hydrogen) atoms. The molecule has 0 unspecified atom stereocenters. The van der Waals surface area contributed by atoms with Crippen molar-refractivity contribution in [3.8, 4) is 11.5 Å². The van der Waals surface area contributed by atoms with Crippen molar-refractivity contribution >= 4 is 22.1 Å². The van der Waals surface area contributed by atoms with Gasteiger partial charge in [-0.25, -0.2) is 13.8 Å². The quantitative estimate of drug-likeness (QED) is 0.383. The summed E-state index contributed by atoms with van der Waals surface area (Å²) >= 11 is 0. The molecule has 0 aliphatic rings. The van der Waals surface area contributed by atoms with E-state index in [0.29, 0.717) is 5.56 Å². The summed E-state index contributed by atoms with van der Waals surface area (Å²) in [4.78, 5) is 12.6. The second-order valence-corrected chi connectivity index (χ2v) is 8.73. The molecule has 0 aliphatic carbocycles. The van der Waals surface area contributed by atoms with E-state index in [1.807, 2.05) is 6.07 Å². The van der Waals surface area contributed by atoms with E-state index in [1.54, 1.807) is 54.6 Å². The van der Waals surface area contributed by atoms with Crippen LogP contribution in [-0.2, 0) is 21.4 Å². The Bertz CT molecular complexity index is 1180. The van der Waals surface area contributed by atoms with Gasteiger partial charge in [-0.3, -0.25) is 4.79 Å². The molecule has 0 heterocycles. The number of sulfonamides is 1. The van der Waals surface area contributed by atoms with Gasteiger partial charge in [0.15, 0.2) is 11.5 Å². The zero-order chi connectivity index (χ0) is 23.0. The van der Waals surface area contributed by atoms with Crippen molar-refractivity contribution in [1.29, 1.82) is 0 Å². The van der Waals surface area contributed by atoms with Gasteiger partial charge in [0.05, 0.1) is 24.8 Å². The molecule has 9 heteroatoms. The highest BCUT2D eigenvalue weighted by Crippen LogP contribution is 2.25. The molecule has 1 amide bonds. The first-order chi connectivity index (χ1) is 15.4. The first-order valence-electron chi connectivity index (χ1n) is 9.68. The normalized spacial score (nSPS) is 11.6. The summed E-state index contributed by atoms with van der Waals surface area (Å²) in [7, 11) is -2.49. The van der Waals surface area contributed by atoms with Crippen LogP contribution in [0.1, 0.15) is 11.1 Å². The average Bonchev–Trinajstić information content (AvgIpc) is 2.81. The summed E-state index contributed by atoms with van der Waals surface area (Å²) in [6, 6.07) is 21.6. The molecule has 0 saturated carbocycles. The van der Waals surface area contributed by atoms with Crippen LogP contribution in [0.25, 0.3) is 0 Å². The van der Waals surface area contributed by atoms with Gasteiger partial charge in [-0.1, -0.05) is 48.5 Å². The molecule has 0 bridgehead atoms. The maximum absolute atomic E-state index is 13.1. The van der Waals surface area contributed by atoms with E-state index in [2.05, 4.69) is 10.5 Å². The van der Waals surface area contributed by atoms with Gasteiger partial charge in [-0.2, -0.15) is 9.41 Å². The Morgan fingerprint density at radius 2 is 1.72 bits per heavy atom. The molecule has 3 rings (SSSR count). The molecule has 3 aromatic carbocycles. The van der Waals surface area contributed by atoms with Crippen molar-refractivity contribution in [1.82, 2.24) is 9.73 Å². The zero-order valence-electron chi connectivity index (χ0n) is 17.4. The summed E-state index contributed by atoms with van der Waals surface area (Å²) in [6.07, 6.45) is 1.37. The van der Waals surface area contributed by atoms with Crippen LogP contribution in [0.2, 0.25) is 0 Å². The standard InChI is InChI=1S/C23H23N3O5S/c1-31-22-14-19(12-13-21(22)27)15-24-25-23(28)17-26(16-18-8-4-2-5-9-18)32(29,30)20-10-6-3-7-11-20/h2-15,27H,16-17H2,1H3,(H,25,28)/b24-15+. The van der Waals surface area contributed by atoms with Gasteiger partial charge in [-0.05, 0) is 41.5 Å². The monoisotopic (exact) mass is 453 g/mol. The first-order valence-corrected chi connectivity index (χ1v) is 11.1. The lowest BCUT2D eigenvalue weighted by Crippen LogP contribution is -2.39. The number of benzene rings is 3. The largest absolute Gasteiger partial charge is 0.504 e. The van der Waals surface area contributed by atoms with Gasteiger partial charge < -0.3 is 9.84 Å². The van der Waals surface area contributed by atoms with Crippen molar-refractivity contribution < 1.29 is 23.1 Å². The Hall–Kier alpha value is -3.69. The second-order valence-electron chi connectivity index (χ2n) is 6.80. The Kier molecular flexibility index (Phi) is 7.58. The fraction of sp³-hybridized carbons (Fsp3) is 0.130. The van der Waals surface area contributed by atoms with Crippen LogP contribution in [0, 0.1) is 0 Å². The molecule has 8 nitrogen and oxygen atoms in total. The van der Waals surface area contributed by atoms with Crippen molar-refractivity contribution in [2.75, 3.05) is 13.7 Å². The number of carbonyl (C=O) groups is 1. The number of rotatable bonds is 9. The minimum atomic E-state index is -3.91. The summed E-state index contributed by atoms with van der Waals surface area (Å²) in [5.74, 6) is -0.345. The van der Waals surface area contributed by atoms with E-state index < -0.39 is 22.5 Å². The van der Waals surface area contributed by atoms with Crippen molar-refractivity contribution in [2.45, 2.75) is 11.4 Å². The Balaban J connectivity index is 1.74. The van der Waals surface area contributed by atoms with Gasteiger partial charge in [0.1, 0.15) is 0 Å². The molecule has 0 radical (unpaired) electrons. The SMILES string of the molecule is COc1cc(/C=N/NC(=O)CN(Cc2ccccc2)S(=O)(=O)c2ccccc2)ccc1O. The number of phenolic OH excluding ortho intramolecular Hbond substituents is 1. The molecule has 166 valence electrons. The minimum Gasteiger partial charge on any atom is -0.504 e. The molecular weight excluding hydrogens is 430 g/mol. The average molecular weight is 454 g/mol. The molecular formula is C23H23N3O5S. The highest BCUT2D eigenvalue weighted by molar-refractivity contribution is 7.89. The first kappa shape index (κ1) is 23.0. The minimum absolute atomic E-state index is 0.0173. The van der Waals surface area contributed by atoms with Crippen LogP contribution in [-0.4, -0.2) is 43.6 Å². The maximum Gasteiger partial charge on any atom is 0.255 e. The number of hydrazone groups is 1.